The van der Waals surface area contributed by atoms with Crippen LogP contribution in [0, 0.1) is 0 Å². The fourth-order valence-electron chi connectivity index (χ4n) is 3.11. The molecule has 2 aromatic heterocycles. The molecule has 11 heteroatoms. The summed E-state index contributed by atoms with van der Waals surface area (Å²) in [5.41, 5.74) is 6.88. The number of hydrogen-bond donors (Lipinski definition) is 1. The predicted molar refractivity (Wildman–Crippen MR) is 105 cm³/mol. The van der Waals surface area contributed by atoms with Crippen LogP contribution < -0.4 is 15.0 Å². The van der Waals surface area contributed by atoms with Crippen LogP contribution in [0.5, 0.6) is 11.6 Å². The van der Waals surface area contributed by atoms with Crippen molar-refractivity contribution in [3.63, 3.8) is 0 Å². The molecular formula is C18H21N5O5P+. The van der Waals surface area contributed by atoms with E-state index in [0.29, 0.717) is 29.4 Å². The van der Waals surface area contributed by atoms with Gasteiger partial charge in [-0.15, -0.1) is 0 Å². The summed E-state index contributed by atoms with van der Waals surface area (Å²) in [6.45, 7) is 2.46. The van der Waals surface area contributed by atoms with Crippen molar-refractivity contribution in [2.75, 3.05) is 18.9 Å². The van der Waals surface area contributed by atoms with Crippen LogP contribution in [-0.2, 0) is 13.7 Å². The molecule has 0 aliphatic carbocycles. The van der Waals surface area contributed by atoms with Gasteiger partial charge >= 0.3 is 160 Å². The first-order valence-corrected chi connectivity index (χ1v) is 10.3. The summed E-state index contributed by atoms with van der Waals surface area (Å²) in [4.78, 5) is 12.7. The zero-order valence-corrected chi connectivity index (χ0v) is 16.7. The third-order valence-corrected chi connectivity index (χ3v) is 5.09. The number of para-hydroxylation sites is 1. The Morgan fingerprint density at radius 2 is 2.10 bits per heavy atom. The summed E-state index contributed by atoms with van der Waals surface area (Å²) >= 11 is 0. The molecule has 1 aromatic carbocycles. The molecule has 10 nitrogen and oxygen atoms in total. The Balaban J connectivity index is 1.38. The van der Waals surface area contributed by atoms with Crippen molar-refractivity contribution in [1.29, 1.82) is 0 Å². The van der Waals surface area contributed by atoms with Gasteiger partial charge in [-0.25, -0.2) is 0 Å². The topological polar surface area (TPSA) is 126 Å². The van der Waals surface area contributed by atoms with Gasteiger partial charge in [0.25, 0.3) is 0 Å². The molecule has 0 spiro atoms. The molecule has 0 saturated carbocycles. The first-order valence-electron chi connectivity index (χ1n) is 9.25. The van der Waals surface area contributed by atoms with E-state index in [-0.39, 0.29) is 24.9 Å². The number of ether oxygens (including phenoxy) is 2. The summed E-state index contributed by atoms with van der Waals surface area (Å²) in [5.74, 6) is 0.948. The summed E-state index contributed by atoms with van der Waals surface area (Å²) in [6, 6.07) is 8.88. The van der Waals surface area contributed by atoms with Gasteiger partial charge in [-0.1, -0.05) is 0 Å². The Kier molecular flexibility index (Phi) is 5.96. The molecule has 3 atom stereocenters. The van der Waals surface area contributed by atoms with E-state index in [2.05, 4.69) is 15.0 Å². The van der Waals surface area contributed by atoms with Gasteiger partial charge in [0, 0.05) is 0 Å². The van der Waals surface area contributed by atoms with Crippen LogP contribution >= 0.6 is 8.11 Å². The van der Waals surface area contributed by atoms with Crippen molar-refractivity contribution >= 4 is 25.2 Å². The predicted octanol–water partition coefficient (Wildman–Crippen LogP) is 3.24. The third-order valence-electron chi connectivity index (χ3n) is 4.37. The standard InChI is InChI=1S/C18H21N5O5P/c1-2-25-17-15-16(21-18(19)22-17)23(11-20-15)14-9-8-13(27-14)10-26-29(24)28-12-6-4-3-5-7-12/h3-7,11,13-14H,2,8-10H2,1H3,(H2,19,21,22)/q+1. The Hall–Kier alpha value is -2.65. The van der Waals surface area contributed by atoms with Crippen LogP contribution in [-0.4, -0.2) is 38.8 Å². The van der Waals surface area contributed by atoms with Crippen LogP contribution in [0.25, 0.3) is 11.2 Å². The average molecular weight is 418 g/mol. The molecule has 29 heavy (non-hydrogen) atoms. The number of rotatable bonds is 6. The molecule has 3 heterocycles. The van der Waals surface area contributed by atoms with Crippen LogP contribution in [0.15, 0.2) is 36.7 Å². The van der Waals surface area contributed by atoms with Crippen LogP contribution in [0.3, 0.4) is 0 Å². The van der Waals surface area contributed by atoms with Crippen LogP contribution in [0.1, 0.15) is 26.0 Å². The molecule has 2 N–H and O–H groups in total. The normalized spacial score (nSPS) is 19.4. The quantitative estimate of drug-likeness (QED) is 0.477. The van der Waals surface area contributed by atoms with E-state index in [1.54, 1.807) is 35.2 Å². The number of anilines is 1. The maximum absolute atomic E-state index is 12.0. The molecule has 4 rings (SSSR count). The molecule has 0 amide bonds. The van der Waals surface area contributed by atoms with Gasteiger partial charge in [-0.2, -0.15) is 0 Å². The van der Waals surface area contributed by atoms with E-state index in [1.807, 2.05) is 13.0 Å². The molecule has 152 valence electrons. The first-order chi connectivity index (χ1) is 14.1. The maximum atomic E-state index is 12.0. The van der Waals surface area contributed by atoms with Gasteiger partial charge in [-0.3, -0.25) is 0 Å². The average Bonchev–Trinajstić information content (AvgIpc) is 3.34. The van der Waals surface area contributed by atoms with Crippen LogP contribution in [0.2, 0.25) is 0 Å². The van der Waals surface area contributed by atoms with Gasteiger partial charge < -0.3 is 0 Å². The Bertz CT molecular complexity index is 1050. The van der Waals surface area contributed by atoms with Crippen molar-refractivity contribution in [2.24, 2.45) is 0 Å². The van der Waals surface area contributed by atoms with Gasteiger partial charge in [-0.05, 0) is 6.92 Å². The number of imidazole rings is 1. The Labute approximate surface area is 167 Å². The van der Waals surface area contributed by atoms with E-state index in [0.717, 1.165) is 12.8 Å². The molecule has 0 radical (unpaired) electrons. The van der Waals surface area contributed by atoms with Crippen molar-refractivity contribution < 1.29 is 22.9 Å². The molecule has 3 unspecified atom stereocenters. The van der Waals surface area contributed by atoms with Gasteiger partial charge in [0.1, 0.15) is 0 Å². The molecule has 0 bridgehead atoms. The van der Waals surface area contributed by atoms with Gasteiger partial charge in [0.15, 0.2) is 0 Å². The second-order valence-electron chi connectivity index (χ2n) is 6.36. The molecule has 1 saturated heterocycles. The summed E-state index contributed by atoms with van der Waals surface area (Å²) < 4.78 is 35.9. The monoisotopic (exact) mass is 418 g/mol. The zero-order valence-electron chi connectivity index (χ0n) is 15.8. The van der Waals surface area contributed by atoms with E-state index in [9.17, 15) is 4.41 Å². The zero-order chi connectivity index (χ0) is 20.2. The third kappa shape index (κ3) is 4.51. The Morgan fingerprint density at radius 3 is 2.90 bits per heavy atom. The summed E-state index contributed by atoms with van der Waals surface area (Å²) in [5, 5.41) is 0. The van der Waals surface area contributed by atoms with Crippen molar-refractivity contribution in [3.8, 4) is 11.6 Å². The number of fused-ring (bicyclic) bond motifs is 1. The van der Waals surface area contributed by atoms with E-state index >= 15 is 0 Å². The minimum atomic E-state index is -2.28. The second-order valence-corrected chi connectivity index (χ2v) is 7.25. The number of nitrogens with zero attached hydrogens (tertiary/aromatic N) is 4. The number of benzene rings is 1. The van der Waals surface area contributed by atoms with Crippen molar-refractivity contribution in [2.45, 2.75) is 32.1 Å². The van der Waals surface area contributed by atoms with Crippen molar-refractivity contribution in [3.05, 3.63) is 36.7 Å². The minimum absolute atomic E-state index is 0.107. The van der Waals surface area contributed by atoms with Crippen LogP contribution in [0.4, 0.5) is 5.95 Å². The number of hydrogen-bond acceptors (Lipinski definition) is 8. The van der Waals surface area contributed by atoms with Gasteiger partial charge in [0.2, 0.25) is 0 Å². The number of aromatic nitrogens is 4. The van der Waals surface area contributed by atoms with E-state index in [4.69, 9.17) is 24.3 Å². The second kappa shape index (κ2) is 8.79. The first kappa shape index (κ1) is 19.7. The Morgan fingerprint density at radius 1 is 1.28 bits per heavy atom. The van der Waals surface area contributed by atoms with E-state index < -0.39 is 8.11 Å². The summed E-state index contributed by atoms with van der Waals surface area (Å²) in [7, 11) is -2.28. The SMILES string of the molecule is CCOc1nc(N)nc2c1ncn2C1CCC(COP(#[O+])Oc2ccccc2)O1. The molecule has 3 aromatic rings. The fourth-order valence-corrected chi connectivity index (χ4v) is 3.74. The number of nitrogens with two attached hydrogens (primary N) is 1. The fraction of sp³-hybridized carbons (Fsp3) is 0.389. The molecule has 1 fully saturated rings. The van der Waals surface area contributed by atoms with Crippen molar-refractivity contribution in [1.82, 2.24) is 19.5 Å². The molecule has 1 aliphatic rings. The van der Waals surface area contributed by atoms with E-state index in [1.165, 1.54) is 0 Å². The molecule has 1 aliphatic heterocycles. The van der Waals surface area contributed by atoms with Gasteiger partial charge in [0.05, 0.1) is 0 Å². The molecular weight excluding hydrogens is 397 g/mol. The summed E-state index contributed by atoms with van der Waals surface area (Å²) in [6.07, 6.45) is 2.59. The number of nitrogen functional groups attached to an aromatic ring is 1.